The van der Waals surface area contributed by atoms with Crippen molar-refractivity contribution in [3.63, 3.8) is 0 Å². The molecule has 3 fully saturated rings. The summed E-state index contributed by atoms with van der Waals surface area (Å²) in [5, 5.41) is 6.45. The van der Waals surface area contributed by atoms with Crippen LogP contribution in [-0.4, -0.2) is 96.0 Å². The van der Waals surface area contributed by atoms with Crippen molar-refractivity contribution in [2.24, 2.45) is 17.8 Å². The highest BCUT2D eigenvalue weighted by Crippen LogP contribution is 2.48. The lowest BCUT2D eigenvalue weighted by Crippen LogP contribution is -2.59. The molecule has 7 atom stereocenters. The average molecular weight is 822 g/mol. The first kappa shape index (κ1) is 42.0. The van der Waals surface area contributed by atoms with Gasteiger partial charge in [0.1, 0.15) is 29.5 Å². The number of nitrogens with zero attached hydrogens (tertiary/aromatic N) is 2. The van der Waals surface area contributed by atoms with E-state index in [1.807, 2.05) is 13.0 Å². The Labute approximate surface area is 329 Å². The van der Waals surface area contributed by atoms with Crippen LogP contribution >= 0.6 is 0 Å². The third-order valence-corrected chi connectivity index (χ3v) is 13.9. The molecule has 0 spiro atoms. The molecule has 1 saturated heterocycles. The van der Waals surface area contributed by atoms with E-state index >= 15 is 0 Å². The third kappa shape index (κ3) is 8.51. The molecule has 2 saturated carbocycles. The molecule has 4 aliphatic rings. The van der Waals surface area contributed by atoms with Crippen LogP contribution < -0.4 is 24.8 Å². The van der Waals surface area contributed by atoms with Crippen LogP contribution in [0.1, 0.15) is 79.6 Å². The lowest BCUT2D eigenvalue weighted by molar-refractivity contribution is -0.244. The number of benzene rings is 1. The van der Waals surface area contributed by atoms with Crippen molar-refractivity contribution >= 4 is 44.6 Å². The predicted octanol–water partition coefficient (Wildman–Crippen LogP) is 4.91. The molecular weight excluding hydrogens is 772 g/mol. The van der Waals surface area contributed by atoms with Crippen molar-refractivity contribution in [2.45, 2.75) is 120 Å². The topological polar surface area (TPSA) is 182 Å². The fourth-order valence-corrected chi connectivity index (χ4v) is 8.94. The van der Waals surface area contributed by atoms with Crippen LogP contribution in [0.15, 0.2) is 42.6 Å². The van der Waals surface area contributed by atoms with E-state index in [0.29, 0.717) is 62.5 Å². The molecule has 312 valence electrons. The normalized spacial score (nSPS) is 29.7. The van der Waals surface area contributed by atoms with Crippen LogP contribution in [0.2, 0.25) is 0 Å². The number of ether oxygens (including phenoxy) is 3. The molecular formula is C39H50F3N5O9S. The number of allylic oxidation sites excluding steroid dienone is 1. The van der Waals surface area contributed by atoms with E-state index in [2.05, 4.69) is 20.3 Å². The number of alkyl carbamates (subject to hydrolysis) is 1. The first-order valence-electron chi connectivity index (χ1n) is 19.1. The Bertz CT molecular complexity index is 2060. The van der Waals surface area contributed by atoms with E-state index in [-0.39, 0.29) is 31.2 Å². The van der Waals surface area contributed by atoms with Gasteiger partial charge in [0.15, 0.2) is 0 Å². The van der Waals surface area contributed by atoms with Crippen LogP contribution in [0, 0.1) is 17.8 Å². The van der Waals surface area contributed by atoms with E-state index in [9.17, 15) is 40.8 Å². The van der Waals surface area contributed by atoms with Crippen LogP contribution in [0.25, 0.3) is 10.8 Å². The molecule has 0 unspecified atom stereocenters. The lowest BCUT2D eigenvalue weighted by atomic mass is 9.88. The number of carbonyl (C=O) groups excluding carboxylic acids is 4. The van der Waals surface area contributed by atoms with E-state index in [0.717, 1.165) is 0 Å². The van der Waals surface area contributed by atoms with Crippen LogP contribution in [0.4, 0.5) is 18.0 Å². The number of rotatable bonds is 8. The van der Waals surface area contributed by atoms with Gasteiger partial charge in [-0.15, -0.1) is 0 Å². The smallest absolute Gasteiger partial charge is 0.427 e. The summed E-state index contributed by atoms with van der Waals surface area (Å²) < 4.78 is 85.2. The molecule has 1 aromatic carbocycles. The van der Waals surface area contributed by atoms with Gasteiger partial charge in [-0.2, -0.15) is 13.2 Å². The van der Waals surface area contributed by atoms with Gasteiger partial charge in [-0.25, -0.2) is 18.2 Å². The minimum atomic E-state index is -4.91. The Balaban J connectivity index is 1.36. The van der Waals surface area contributed by atoms with Crippen molar-refractivity contribution < 1.29 is 55.0 Å². The number of fused-ring (bicyclic) bond motifs is 3. The number of amides is 4. The van der Waals surface area contributed by atoms with Crippen molar-refractivity contribution in [3.8, 4) is 11.6 Å². The quantitative estimate of drug-likeness (QED) is 0.310. The molecule has 2 aliphatic carbocycles. The maximum absolute atomic E-state index is 14.7. The van der Waals surface area contributed by atoms with Crippen LogP contribution in [0.3, 0.4) is 0 Å². The minimum Gasteiger partial charge on any atom is -0.496 e. The zero-order valence-corrected chi connectivity index (χ0v) is 33.6. The number of hydrogen-bond donors (Lipinski definition) is 3. The highest BCUT2D eigenvalue weighted by molar-refractivity contribution is 7.91. The Morgan fingerprint density at radius 1 is 1.07 bits per heavy atom. The molecule has 3 N–H and O–H groups in total. The number of aromatic nitrogens is 1. The zero-order valence-electron chi connectivity index (χ0n) is 32.8. The van der Waals surface area contributed by atoms with Gasteiger partial charge in [0.05, 0.1) is 18.4 Å². The summed E-state index contributed by atoms with van der Waals surface area (Å²) in [7, 11) is -2.56. The summed E-state index contributed by atoms with van der Waals surface area (Å²) in [5.41, 5.74) is -4.52. The second kappa shape index (κ2) is 15.3. The van der Waals surface area contributed by atoms with Gasteiger partial charge in [-0.05, 0) is 89.3 Å². The fraction of sp³-hybridized carbons (Fsp3) is 0.615. The molecule has 57 heavy (non-hydrogen) atoms. The Morgan fingerprint density at radius 3 is 2.46 bits per heavy atom. The van der Waals surface area contributed by atoms with E-state index < -0.39 is 85.9 Å². The molecule has 6 rings (SSSR count). The highest BCUT2D eigenvalue weighted by atomic mass is 32.2. The van der Waals surface area contributed by atoms with Crippen LogP contribution in [-0.2, 0) is 29.1 Å². The van der Waals surface area contributed by atoms with Gasteiger partial charge >= 0.3 is 12.3 Å². The molecule has 0 radical (unpaired) electrons. The molecule has 2 aliphatic heterocycles. The Morgan fingerprint density at radius 2 is 1.79 bits per heavy atom. The van der Waals surface area contributed by atoms with E-state index in [1.165, 1.54) is 25.1 Å². The summed E-state index contributed by atoms with van der Waals surface area (Å²) in [6.07, 6.45) is 0.185. The molecule has 0 bridgehead atoms. The van der Waals surface area contributed by atoms with Crippen molar-refractivity contribution in [1.29, 1.82) is 0 Å². The summed E-state index contributed by atoms with van der Waals surface area (Å²) >= 11 is 0. The summed E-state index contributed by atoms with van der Waals surface area (Å²) in [6.45, 7) is 6.33. The number of carbonyl (C=O) groups is 4. The largest absolute Gasteiger partial charge is 0.496 e. The Hall–Kier alpha value is -4.61. The number of pyridine rings is 1. The number of halogens is 3. The predicted molar refractivity (Wildman–Crippen MR) is 201 cm³/mol. The number of methoxy groups -OCH3 is 1. The van der Waals surface area contributed by atoms with Crippen molar-refractivity contribution in [1.82, 2.24) is 25.2 Å². The van der Waals surface area contributed by atoms with E-state index in [4.69, 9.17) is 14.2 Å². The minimum absolute atomic E-state index is 0.0363. The van der Waals surface area contributed by atoms with Crippen molar-refractivity contribution in [3.05, 3.63) is 42.6 Å². The van der Waals surface area contributed by atoms with Gasteiger partial charge in [-0.1, -0.05) is 32.1 Å². The molecule has 18 heteroatoms. The number of nitrogens with one attached hydrogen (secondary N) is 3. The van der Waals surface area contributed by atoms with Gasteiger partial charge in [0.25, 0.3) is 5.91 Å². The summed E-state index contributed by atoms with van der Waals surface area (Å²) in [5.74, 6) is -2.93. The first-order valence-corrected chi connectivity index (χ1v) is 20.6. The van der Waals surface area contributed by atoms with Gasteiger partial charge < -0.3 is 29.7 Å². The average Bonchev–Trinajstić information content (AvgIpc) is 4.01. The molecule has 2 aromatic rings. The fourth-order valence-electron chi connectivity index (χ4n) is 7.62. The molecule has 4 amide bonds. The third-order valence-electron chi connectivity index (χ3n) is 11.8. The monoisotopic (exact) mass is 821 g/mol. The van der Waals surface area contributed by atoms with Gasteiger partial charge in [0.2, 0.25) is 33.3 Å². The van der Waals surface area contributed by atoms with E-state index in [1.54, 1.807) is 37.3 Å². The standard InChI is InChI=1S/C39H50F3N5O9S/c1-22-10-7-8-11-24-20-38(24,34(50)46-57(52,53)37(5)15-16-37)45-31(48)28-19-25(55-32-27-12-9-13-29(54-6)26(27)14-17-43-32)21-47(28)33(49)30(23(2)18-22)44-35(51)56-36(3,4)39(40,41)42/h8-9,11-14,17,22-25,28,30H,7,10,15-16,18-21H2,1-6H3,(H,44,51)(H,45,48)(H,46,50)/b11-8-/t22-,23-,24-,25-,28+,30+,38-/m1/s1. The zero-order chi connectivity index (χ0) is 41.7. The second-order valence-electron chi connectivity index (χ2n) is 16.7. The SMILES string of the molecule is COc1cccc2c(O[C@@H]3C[C@H]4C(=O)N[C@]5(C(=O)NS(=O)(=O)C6(C)CC6)C[C@H]5/C=C\CC[C@@H](C)C[C@@H](C)[C@H](NC(=O)OC(C)(C)C(F)(F)F)C(=O)N4C3)nccc12. The number of alkyl halides is 3. The Kier molecular flexibility index (Phi) is 11.3. The molecule has 3 heterocycles. The first-order chi connectivity index (χ1) is 26.6. The second-order valence-corrected chi connectivity index (χ2v) is 18.8. The highest BCUT2D eigenvalue weighted by Gasteiger charge is 2.63. The molecule has 1 aromatic heterocycles. The maximum Gasteiger partial charge on any atom is 0.427 e. The summed E-state index contributed by atoms with van der Waals surface area (Å²) in [6, 6.07) is 4.26. The summed E-state index contributed by atoms with van der Waals surface area (Å²) in [4.78, 5) is 61.8. The van der Waals surface area contributed by atoms with Crippen LogP contribution in [0.5, 0.6) is 11.6 Å². The number of sulfonamides is 1. The lowest BCUT2D eigenvalue weighted by Gasteiger charge is -2.34. The molecule has 14 nitrogen and oxygen atoms in total. The van der Waals surface area contributed by atoms with Crippen molar-refractivity contribution in [2.75, 3.05) is 13.7 Å². The number of hydrogen-bond acceptors (Lipinski definition) is 10. The van der Waals surface area contributed by atoms with Gasteiger partial charge in [-0.3, -0.25) is 19.1 Å². The maximum atomic E-state index is 14.7. The van der Waals surface area contributed by atoms with Gasteiger partial charge in [0, 0.05) is 29.3 Å².